The number of hydrogen-bond donors (Lipinski definition) is 2. The van der Waals surface area contributed by atoms with E-state index >= 15 is 0 Å². The molecule has 0 aromatic rings. The van der Waals surface area contributed by atoms with E-state index in [2.05, 4.69) is 0 Å². The second kappa shape index (κ2) is 13.6. The smallest absolute Gasteiger partial charge is 0.434 e. The molecule has 0 bridgehead atoms. The summed E-state index contributed by atoms with van der Waals surface area (Å²) in [6, 6.07) is 0. The van der Waals surface area contributed by atoms with Crippen LogP contribution >= 0.6 is 0 Å². The Hall–Kier alpha value is -0.810. The quantitative estimate of drug-likeness (QED) is 0.368. The fraction of sp³-hybridized carbons (Fsp3) is 0.944. The van der Waals surface area contributed by atoms with Gasteiger partial charge < -0.3 is 19.7 Å². The van der Waals surface area contributed by atoms with Crippen LogP contribution in [-0.4, -0.2) is 41.3 Å². The molecule has 0 saturated carbocycles. The summed E-state index contributed by atoms with van der Waals surface area (Å²) < 4.78 is 10.2. The van der Waals surface area contributed by atoms with E-state index < -0.39 is 11.8 Å². The van der Waals surface area contributed by atoms with E-state index in [9.17, 15) is 9.90 Å². The zero-order valence-electron chi connectivity index (χ0n) is 15.2. The summed E-state index contributed by atoms with van der Waals surface area (Å²) >= 11 is 0. The third-order valence-corrected chi connectivity index (χ3v) is 4.16. The van der Waals surface area contributed by atoms with Gasteiger partial charge in [0.1, 0.15) is 6.10 Å². The van der Waals surface area contributed by atoms with Gasteiger partial charge in [0, 0.05) is 6.61 Å². The first kappa shape index (κ1) is 22.2. The molecule has 0 radical (unpaired) electrons. The monoisotopic (exact) mass is 332 g/mol. The van der Waals surface area contributed by atoms with Gasteiger partial charge in [-0.25, -0.2) is 4.79 Å². The zero-order chi connectivity index (χ0) is 17.6. The van der Waals surface area contributed by atoms with Gasteiger partial charge in [-0.2, -0.15) is 0 Å². The van der Waals surface area contributed by atoms with Crippen LogP contribution in [0.3, 0.4) is 0 Å². The molecule has 0 aliphatic heterocycles. The minimum Gasteiger partial charge on any atom is -0.434 e. The van der Waals surface area contributed by atoms with Crippen LogP contribution in [0.25, 0.3) is 0 Å². The highest BCUT2D eigenvalue weighted by Gasteiger charge is 2.16. The summed E-state index contributed by atoms with van der Waals surface area (Å²) in [5.41, 5.74) is -0.548. The van der Waals surface area contributed by atoms with Crippen molar-refractivity contribution in [3.63, 3.8) is 0 Å². The molecule has 0 amide bonds. The van der Waals surface area contributed by atoms with E-state index in [0.29, 0.717) is 6.61 Å². The van der Waals surface area contributed by atoms with Crippen LogP contribution in [-0.2, 0) is 9.47 Å². The molecule has 0 fully saturated rings. The lowest BCUT2D eigenvalue weighted by Crippen LogP contribution is -2.22. The SMILES string of the molecule is CCC(C)(O)CCCCCCOC(=O)OC(C)CCCCCO. The van der Waals surface area contributed by atoms with Gasteiger partial charge >= 0.3 is 6.16 Å². The molecule has 0 saturated heterocycles. The predicted molar refractivity (Wildman–Crippen MR) is 91.4 cm³/mol. The Morgan fingerprint density at radius 2 is 1.74 bits per heavy atom. The molecule has 2 N–H and O–H groups in total. The highest BCUT2D eigenvalue weighted by molar-refractivity contribution is 5.60. The van der Waals surface area contributed by atoms with Gasteiger partial charge in [-0.1, -0.05) is 32.6 Å². The van der Waals surface area contributed by atoms with Crippen LogP contribution in [0, 0.1) is 0 Å². The van der Waals surface area contributed by atoms with E-state index in [1.54, 1.807) is 0 Å². The molecule has 5 heteroatoms. The second-order valence-electron chi connectivity index (χ2n) is 6.61. The lowest BCUT2D eigenvalue weighted by Gasteiger charge is -2.20. The Bertz CT molecular complexity index is 291. The molecule has 0 aromatic carbocycles. The van der Waals surface area contributed by atoms with Crippen molar-refractivity contribution in [3.05, 3.63) is 0 Å². The first-order valence-corrected chi connectivity index (χ1v) is 9.08. The van der Waals surface area contributed by atoms with Gasteiger partial charge in [0.25, 0.3) is 0 Å². The van der Waals surface area contributed by atoms with Gasteiger partial charge in [0.15, 0.2) is 0 Å². The number of aliphatic hydroxyl groups excluding tert-OH is 1. The van der Waals surface area contributed by atoms with Gasteiger partial charge in [0.2, 0.25) is 0 Å². The molecular formula is C18H36O5. The van der Waals surface area contributed by atoms with Crippen molar-refractivity contribution >= 4 is 6.16 Å². The zero-order valence-corrected chi connectivity index (χ0v) is 15.2. The minimum absolute atomic E-state index is 0.141. The number of ether oxygens (including phenoxy) is 2. The van der Waals surface area contributed by atoms with E-state index in [4.69, 9.17) is 14.6 Å². The Kier molecular flexibility index (Phi) is 13.1. The van der Waals surface area contributed by atoms with Crippen LogP contribution in [0.4, 0.5) is 4.79 Å². The molecule has 5 nitrogen and oxygen atoms in total. The standard InChI is InChI=1S/C18H36O5/c1-4-18(3,21)13-9-5-6-11-15-22-17(20)23-16(2)12-8-7-10-14-19/h16,19,21H,4-15H2,1-3H3. The molecule has 138 valence electrons. The molecule has 23 heavy (non-hydrogen) atoms. The molecular weight excluding hydrogens is 296 g/mol. The van der Waals surface area contributed by atoms with Crippen LogP contribution in [0.5, 0.6) is 0 Å². The molecule has 0 rings (SSSR count). The summed E-state index contributed by atoms with van der Waals surface area (Å²) in [4.78, 5) is 11.5. The maximum Gasteiger partial charge on any atom is 0.508 e. The van der Waals surface area contributed by atoms with Crippen molar-refractivity contribution in [2.45, 2.75) is 96.7 Å². The molecule has 2 atom stereocenters. The number of carbonyl (C=O) groups excluding carboxylic acids is 1. The lowest BCUT2D eigenvalue weighted by molar-refractivity contribution is 0.0248. The maximum atomic E-state index is 11.5. The van der Waals surface area contributed by atoms with Crippen molar-refractivity contribution in [1.29, 1.82) is 0 Å². The van der Waals surface area contributed by atoms with Crippen LogP contribution < -0.4 is 0 Å². The third kappa shape index (κ3) is 14.5. The molecule has 2 unspecified atom stereocenters. The first-order valence-electron chi connectivity index (χ1n) is 9.08. The average molecular weight is 332 g/mol. The largest absolute Gasteiger partial charge is 0.508 e. The van der Waals surface area contributed by atoms with Crippen LogP contribution in [0.2, 0.25) is 0 Å². The maximum absolute atomic E-state index is 11.5. The van der Waals surface area contributed by atoms with Gasteiger partial charge in [-0.3, -0.25) is 0 Å². The summed E-state index contributed by atoms with van der Waals surface area (Å²) in [5, 5.41) is 18.6. The second-order valence-corrected chi connectivity index (χ2v) is 6.61. The number of aliphatic hydroxyl groups is 2. The molecule has 0 spiro atoms. The average Bonchev–Trinajstić information content (AvgIpc) is 2.50. The highest BCUT2D eigenvalue weighted by Crippen LogP contribution is 2.18. The van der Waals surface area contributed by atoms with Crippen molar-refractivity contribution in [1.82, 2.24) is 0 Å². The summed E-state index contributed by atoms with van der Waals surface area (Å²) in [7, 11) is 0. The van der Waals surface area contributed by atoms with Crippen molar-refractivity contribution in [2.24, 2.45) is 0 Å². The summed E-state index contributed by atoms with van der Waals surface area (Å²) in [5.74, 6) is 0. The Balaban J connectivity index is 3.46. The van der Waals surface area contributed by atoms with Gasteiger partial charge in [-0.05, 0) is 52.4 Å². The number of unbranched alkanes of at least 4 members (excludes halogenated alkanes) is 5. The fourth-order valence-corrected chi connectivity index (χ4v) is 2.27. The molecule has 0 aromatic heterocycles. The number of hydrogen-bond acceptors (Lipinski definition) is 5. The minimum atomic E-state index is -0.589. The fourth-order valence-electron chi connectivity index (χ4n) is 2.27. The van der Waals surface area contributed by atoms with Crippen molar-refractivity contribution in [3.8, 4) is 0 Å². The van der Waals surface area contributed by atoms with Crippen LogP contribution in [0.15, 0.2) is 0 Å². The van der Waals surface area contributed by atoms with Gasteiger partial charge in [0.05, 0.1) is 12.2 Å². The normalized spacial score (nSPS) is 15.0. The summed E-state index contributed by atoms with van der Waals surface area (Å²) in [6.07, 6.45) is 8.20. The van der Waals surface area contributed by atoms with Gasteiger partial charge in [-0.15, -0.1) is 0 Å². The van der Waals surface area contributed by atoms with Crippen molar-refractivity contribution < 1.29 is 24.5 Å². The number of carbonyl (C=O) groups is 1. The third-order valence-electron chi connectivity index (χ3n) is 4.16. The predicted octanol–water partition coefficient (Wildman–Crippen LogP) is 4.19. The van der Waals surface area contributed by atoms with E-state index in [-0.39, 0.29) is 12.7 Å². The summed E-state index contributed by atoms with van der Waals surface area (Å²) in [6.45, 7) is 6.33. The highest BCUT2D eigenvalue weighted by atomic mass is 16.7. The van der Waals surface area contributed by atoms with E-state index in [1.807, 2.05) is 20.8 Å². The Morgan fingerprint density at radius 3 is 2.39 bits per heavy atom. The molecule has 0 aliphatic carbocycles. The molecule has 0 heterocycles. The first-order chi connectivity index (χ1) is 10.9. The Morgan fingerprint density at radius 1 is 1.09 bits per heavy atom. The lowest BCUT2D eigenvalue weighted by atomic mass is 9.95. The molecule has 0 aliphatic rings. The van der Waals surface area contributed by atoms with E-state index in [1.165, 1.54) is 0 Å². The Labute approximate surface area is 141 Å². The number of rotatable bonds is 14. The van der Waals surface area contributed by atoms with Crippen molar-refractivity contribution in [2.75, 3.05) is 13.2 Å². The van der Waals surface area contributed by atoms with Crippen LogP contribution in [0.1, 0.15) is 85.0 Å². The topological polar surface area (TPSA) is 76.0 Å². The van der Waals surface area contributed by atoms with E-state index in [0.717, 1.165) is 64.2 Å².